The minimum atomic E-state index is -4.46. The summed E-state index contributed by atoms with van der Waals surface area (Å²) >= 11 is 0. The number of ether oxygens (including phenoxy) is 3. The fourth-order valence-corrected chi connectivity index (χ4v) is 3.59. The molecule has 0 bridgehead atoms. The van der Waals surface area contributed by atoms with Crippen molar-refractivity contribution in [3.05, 3.63) is 53.6 Å². The van der Waals surface area contributed by atoms with E-state index in [0.717, 1.165) is 12.1 Å². The number of hydrogen-bond donors (Lipinski definition) is 1. The van der Waals surface area contributed by atoms with Gasteiger partial charge in [0.25, 0.3) is 5.91 Å². The Balaban J connectivity index is 1.79. The van der Waals surface area contributed by atoms with Gasteiger partial charge in [0.15, 0.2) is 0 Å². The Kier molecular flexibility index (Phi) is 7.07. The Bertz CT molecular complexity index is 937. The lowest BCUT2D eigenvalue weighted by Crippen LogP contribution is -2.34. The van der Waals surface area contributed by atoms with Crippen LogP contribution in [0.4, 0.5) is 27.6 Å². The van der Waals surface area contributed by atoms with Crippen LogP contribution >= 0.6 is 0 Å². The highest BCUT2D eigenvalue weighted by Gasteiger charge is 2.35. The largest absolute Gasteiger partial charge is 0.496 e. The van der Waals surface area contributed by atoms with Gasteiger partial charge < -0.3 is 24.8 Å². The third-order valence-corrected chi connectivity index (χ3v) is 5.06. The molecule has 0 spiro atoms. The molecule has 1 saturated heterocycles. The number of alkyl halides is 5. The van der Waals surface area contributed by atoms with Crippen LogP contribution in [0, 0.1) is 0 Å². The molecule has 3 rings (SSSR count). The monoisotopic (exact) mass is 460 g/mol. The topological polar surface area (TPSA) is 74.0 Å². The van der Waals surface area contributed by atoms with Crippen molar-refractivity contribution in [3.8, 4) is 11.5 Å². The third kappa shape index (κ3) is 5.58. The zero-order chi connectivity index (χ0) is 23.5. The van der Waals surface area contributed by atoms with Gasteiger partial charge in [-0.25, -0.2) is 0 Å². The Hall–Kier alpha value is -3.08. The molecule has 0 aliphatic carbocycles. The fraction of sp³-hybridized carbons (Fsp3) is 0.381. The predicted octanol–water partition coefficient (Wildman–Crippen LogP) is 4.08. The van der Waals surface area contributed by atoms with E-state index in [1.54, 1.807) is 17.0 Å². The molecular weight excluding hydrogens is 439 g/mol. The second-order valence-electron chi connectivity index (χ2n) is 7.15. The van der Waals surface area contributed by atoms with Crippen molar-refractivity contribution in [2.75, 3.05) is 25.2 Å². The van der Waals surface area contributed by atoms with Gasteiger partial charge in [0.1, 0.15) is 17.6 Å². The quantitative estimate of drug-likeness (QED) is 0.601. The summed E-state index contributed by atoms with van der Waals surface area (Å²) in [6.07, 6.45) is -4.68. The molecule has 2 aromatic carbocycles. The SMILES string of the molecule is COc1cc(N2CC(Oc3ccc(C(F)(F)F)cc3)C[C@H]2COC(F)F)ccc1C(N)=O. The number of primary amides is 1. The molecule has 1 aliphatic heterocycles. The van der Waals surface area contributed by atoms with Crippen molar-refractivity contribution in [2.24, 2.45) is 5.73 Å². The molecular formula is C21H21F5N2O4. The summed E-state index contributed by atoms with van der Waals surface area (Å²) < 4.78 is 79.0. The molecule has 1 unspecified atom stereocenters. The van der Waals surface area contributed by atoms with Gasteiger partial charge in [-0.2, -0.15) is 22.0 Å². The first-order valence-electron chi connectivity index (χ1n) is 9.56. The van der Waals surface area contributed by atoms with E-state index in [4.69, 9.17) is 15.2 Å². The van der Waals surface area contributed by atoms with Crippen LogP contribution in [0.2, 0.25) is 0 Å². The van der Waals surface area contributed by atoms with Gasteiger partial charge in [-0.1, -0.05) is 0 Å². The average molecular weight is 460 g/mol. The van der Waals surface area contributed by atoms with Crippen LogP contribution in [0.5, 0.6) is 11.5 Å². The van der Waals surface area contributed by atoms with Crippen molar-refractivity contribution in [1.82, 2.24) is 0 Å². The summed E-state index contributed by atoms with van der Waals surface area (Å²) in [6, 6.07) is 8.34. The summed E-state index contributed by atoms with van der Waals surface area (Å²) in [5.74, 6) is -0.244. The van der Waals surface area contributed by atoms with E-state index in [-0.39, 0.29) is 36.6 Å². The van der Waals surface area contributed by atoms with E-state index in [9.17, 15) is 26.7 Å². The minimum Gasteiger partial charge on any atom is -0.496 e. The van der Waals surface area contributed by atoms with Crippen molar-refractivity contribution in [3.63, 3.8) is 0 Å². The van der Waals surface area contributed by atoms with Crippen molar-refractivity contribution in [2.45, 2.75) is 31.4 Å². The van der Waals surface area contributed by atoms with Crippen LogP contribution < -0.4 is 20.1 Å². The van der Waals surface area contributed by atoms with Gasteiger partial charge in [0, 0.05) is 18.2 Å². The highest BCUT2D eigenvalue weighted by atomic mass is 19.4. The molecule has 6 nitrogen and oxygen atoms in total. The lowest BCUT2D eigenvalue weighted by atomic mass is 10.1. The Morgan fingerprint density at radius 1 is 1.19 bits per heavy atom. The number of amides is 1. The number of methoxy groups -OCH3 is 1. The summed E-state index contributed by atoms with van der Waals surface area (Å²) in [6.45, 7) is -3.01. The highest BCUT2D eigenvalue weighted by Crippen LogP contribution is 2.34. The molecule has 174 valence electrons. The van der Waals surface area contributed by atoms with Crippen LogP contribution in [0.25, 0.3) is 0 Å². The molecule has 0 aromatic heterocycles. The smallest absolute Gasteiger partial charge is 0.416 e. The number of hydrogen-bond acceptors (Lipinski definition) is 5. The lowest BCUT2D eigenvalue weighted by molar-refractivity contribution is -0.137. The van der Waals surface area contributed by atoms with Gasteiger partial charge in [-0.05, 0) is 36.4 Å². The zero-order valence-electron chi connectivity index (χ0n) is 16.9. The molecule has 32 heavy (non-hydrogen) atoms. The van der Waals surface area contributed by atoms with Crippen LogP contribution in [0.3, 0.4) is 0 Å². The van der Waals surface area contributed by atoms with Crippen LogP contribution in [0.15, 0.2) is 42.5 Å². The molecule has 1 fully saturated rings. The van der Waals surface area contributed by atoms with E-state index in [1.165, 1.54) is 25.3 Å². The number of nitrogens with zero attached hydrogens (tertiary/aromatic N) is 1. The number of anilines is 1. The number of rotatable bonds is 8. The Morgan fingerprint density at radius 2 is 1.88 bits per heavy atom. The van der Waals surface area contributed by atoms with Crippen molar-refractivity contribution < 1.29 is 41.0 Å². The minimum absolute atomic E-state index is 0.161. The molecule has 1 heterocycles. The van der Waals surface area contributed by atoms with Crippen molar-refractivity contribution in [1.29, 1.82) is 0 Å². The maximum Gasteiger partial charge on any atom is 0.416 e. The first-order valence-corrected chi connectivity index (χ1v) is 9.56. The Labute approximate surface area is 180 Å². The fourth-order valence-electron chi connectivity index (χ4n) is 3.59. The molecule has 0 radical (unpaired) electrons. The van der Waals surface area contributed by atoms with Gasteiger partial charge in [0.2, 0.25) is 0 Å². The maximum atomic E-state index is 12.7. The van der Waals surface area contributed by atoms with E-state index in [2.05, 4.69) is 4.74 Å². The van der Waals surface area contributed by atoms with Crippen LogP contribution in [-0.4, -0.2) is 44.9 Å². The standard InChI is InChI=1S/C21H21F5N2O4/c1-30-18-9-13(4-7-17(18)19(27)29)28-10-16(8-14(28)11-31-20(22)23)32-15-5-2-12(3-6-15)21(24,25)26/h2-7,9,14,16,20H,8,10-11H2,1H3,(H2,27,29)/t14-,16?/m0/s1. The number of halogens is 5. The highest BCUT2D eigenvalue weighted by molar-refractivity contribution is 5.96. The molecule has 2 N–H and O–H groups in total. The third-order valence-electron chi connectivity index (χ3n) is 5.06. The maximum absolute atomic E-state index is 12.7. The lowest BCUT2D eigenvalue weighted by Gasteiger charge is -2.27. The average Bonchev–Trinajstić information content (AvgIpc) is 3.14. The Morgan fingerprint density at radius 3 is 2.44 bits per heavy atom. The van der Waals surface area contributed by atoms with Gasteiger partial charge in [-0.3, -0.25) is 4.79 Å². The predicted molar refractivity (Wildman–Crippen MR) is 105 cm³/mol. The van der Waals surface area contributed by atoms with E-state index in [0.29, 0.717) is 5.69 Å². The first-order chi connectivity index (χ1) is 15.1. The summed E-state index contributed by atoms with van der Waals surface area (Å²) in [4.78, 5) is 13.3. The van der Waals surface area contributed by atoms with Gasteiger partial charge in [-0.15, -0.1) is 0 Å². The zero-order valence-corrected chi connectivity index (χ0v) is 16.9. The second-order valence-corrected chi connectivity index (χ2v) is 7.15. The number of benzene rings is 2. The number of nitrogens with two attached hydrogens (primary N) is 1. The molecule has 1 amide bonds. The van der Waals surface area contributed by atoms with Crippen LogP contribution in [-0.2, 0) is 10.9 Å². The second kappa shape index (κ2) is 9.60. The number of carbonyl (C=O) groups is 1. The normalized spacial score (nSPS) is 18.8. The summed E-state index contributed by atoms with van der Waals surface area (Å²) in [5.41, 5.74) is 5.24. The van der Waals surface area contributed by atoms with Gasteiger partial charge >= 0.3 is 12.8 Å². The first kappa shape index (κ1) is 23.6. The molecule has 2 atom stereocenters. The molecule has 0 saturated carbocycles. The summed E-state index contributed by atoms with van der Waals surface area (Å²) in [7, 11) is 1.36. The molecule has 11 heteroatoms. The summed E-state index contributed by atoms with van der Waals surface area (Å²) in [5, 5.41) is 0. The van der Waals surface area contributed by atoms with Gasteiger partial charge in [0.05, 0.1) is 37.4 Å². The van der Waals surface area contributed by atoms with E-state index in [1.807, 2.05) is 0 Å². The molecule has 1 aliphatic rings. The van der Waals surface area contributed by atoms with E-state index >= 15 is 0 Å². The van der Waals surface area contributed by atoms with Crippen molar-refractivity contribution >= 4 is 11.6 Å². The van der Waals surface area contributed by atoms with Crippen LogP contribution in [0.1, 0.15) is 22.3 Å². The molecule has 2 aromatic rings. The van der Waals surface area contributed by atoms with E-state index < -0.39 is 36.4 Å². The number of carbonyl (C=O) groups excluding carboxylic acids is 1.